The molecule has 0 fully saturated rings. The second-order valence-electron chi connectivity index (χ2n) is 8.38. The molecular formula is C25H27N7O5S. The van der Waals surface area contributed by atoms with Crippen LogP contribution in [0.3, 0.4) is 0 Å². The molecule has 0 bridgehead atoms. The second kappa shape index (κ2) is 12.0. The lowest BCUT2D eigenvalue weighted by Gasteiger charge is -2.13. The van der Waals surface area contributed by atoms with Gasteiger partial charge < -0.3 is 24.1 Å². The summed E-state index contributed by atoms with van der Waals surface area (Å²) in [4.78, 5) is 16.7. The van der Waals surface area contributed by atoms with Crippen LogP contribution in [0.4, 0.5) is 0 Å². The van der Waals surface area contributed by atoms with Crippen LogP contribution in [-0.4, -0.2) is 62.7 Å². The van der Waals surface area contributed by atoms with Gasteiger partial charge in [-0.15, -0.1) is 15.3 Å². The number of pyridine rings is 1. The van der Waals surface area contributed by atoms with Gasteiger partial charge in [-0.3, -0.25) is 9.78 Å². The molecule has 0 saturated heterocycles. The number of amides is 1. The number of methoxy groups -OCH3 is 2. The topological polar surface area (TPSA) is 139 Å². The summed E-state index contributed by atoms with van der Waals surface area (Å²) >= 11 is 0. The van der Waals surface area contributed by atoms with E-state index in [1.807, 2.05) is 31.2 Å². The second-order valence-corrected chi connectivity index (χ2v) is 8.38. The van der Waals surface area contributed by atoms with Gasteiger partial charge in [0.05, 0.1) is 17.9 Å². The molecule has 1 N–H and O–H groups in total. The zero-order valence-electron chi connectivity index (χ0n) is 21.0. The molecule has 5 aromatic rings. The van der Waals surface area contributed by atoms with Crippen molar-refractivity contribution in [2.75, 3.05) is 20.8 Å². The summed E-state index contributed by atoms with van der Waals surface area (Å²) in [5.74, 6) is 1.13. The minimum absolute atomic E-state index is 0. The Bertz CT molecular complexity index is 1540. The number of rotatable bonds is 10. The highest BCUT2D eigenvalue weighted by Gasteiger charge is 2.19. The van der Waals surface area contributed by atoms with E-state index in [4.69, 9.17) is 18.7 Å². The zero-order valence-corrected chi connectivity index (χ0v) is 22.0. The summed E-state index contributed by atoms with van der Waals surface area (Å²) in [6.45, 7) is 2.72. The fourth-order valence-electron chi connectivity index (χ4n) is 3.83. The van der Waals surface area contributed by atoms with Gasteiger partial charge in [-0.25, -0.2) is 0 Å². The Hall–Kier alpha value is -4.07. The Morgan fingerprint density at radius 1 is 1.08 bits per heavy atom. The van der Waals surface area contributed by atoms with E-state index in [9.17, 15) is 4.79 Å². The zero-order chi connectivity index (χ0) is 25.8. The van der Waals surface area contributed by atoms with Crippen LogP contribution in [0.1, 0.15) is 28.7 Å². The maximum Gasteiger partial charge on any atom is 0.253 e. The molecule has 0 saturated carbocycles. The van der Waals surface area contributed by atoms with Crippen molar-refractivity contribution in [1.29, 1.82) is 0 Å². The summed E-state index contributed by atoms with van der Waals surface area (Å²) in [6.07, 6.45) is 1.52. The highest BCUT2D eigenvalue weighted by atomic mass is 32.1. The van der Waals surface area contributed by atoms with Crippen molar-refractivity contribution in [3.63, 3.8) is 0 Å². The number of hydrogen-bond donors (Lipinski definition) is 1. The minimum atomic E-state index is -0.218. The summed E-state index contributed by atoms with van der Waals surface area (Å²) in [6, 6.07) is 12.7. The molecule has 0 aliphatic rings. The third-order valence-corrected chi connectivity index (χ3v) is 5.54. The molecule has 0 unspecified atom stereocenters. The molecule has 1 aromatic carbocycles. The van der Waals surface area contributed by atoms with Crippen LogP contribution in [0.25, 0.3) is 27.9 Å². The molecule has 12 nitrogen and oxygen atoms in total. The average Bonchev–Trinajstić information content (AvgIpc) is 3.55. The Morgan fingerprint density at radius 3 is 2.63 bits per heavy atom. The summed E-state index contributed by atoms with van der Waals surface area (Å²) in [5.41, 5.74) is 2.12. The van der Waals surface area contributed by atoms with Gasteiger partial charge in [0.25, 0.3) is 5.91 Å². The highest BCUT2D eigenvalue weighted by Crippen LogP contribution is 2.29. The van der Waals surface area contributed by atoms with Gasteiger partial charge in [0, 0.05) is 43.3 Å². The fourth-order valence-corrected chi connectivity index (χ4v) is 3.83. The van der Waals surface area contributed by atoms with Gasteiger partial charge in [0.15, 0.2) is 17.1 Å². The largest absolute Gasteiger partial charge is 0.470 e. The number of hydrogen-bond acceptors (Lipinski definition) is 10. The van der Waals surface area contributed by atoms with E-state index < -0.39 is 0 Å². The minimum Gasteiger partial charge on any atom is -0.470 e. The number of benzene rings is 1. The molecule has 4 heterocycles. The van der Waals surface area contributed by atoms with E-state index >= 15 is 0 Å². The van der Waals surface area contributed by atoms with Crippen LogP contribution in [0.5, 0.6) is 5.88 Å². The monoisotopic (exact) mass is 537 g/mol. The molecule has 0 radical (unpaired) electrons. The lowest BCUT2D eigenvalue weighted by molar-refractivity contribution is 0.0905. The van der Waals surface area contributed by atoms with Crippen molar-refractivity contribution in [2.45, 2.75) is 26.2 Å². The number of nitrogens with one attached hydrogen (secondary N) is 1. The number of ether oxygens (including phenoxy) is 3. The molecule has 0 aliphatic carbocycles. The molecule has 4 aromatic heterocycles. The third kappa shape index (κ3) is 5.59. The Labute approximate surface area is 224 Å². The van der Waals surface area contributed by atoms with Gasteiger partial charge in [-0.05, 0) is 25.1 Å². The van der Waals surface area contributed by atoms with Crippen molar-refractivity contribution in [3.05, 3.63) is 65.7 Å². The first-order chi connectivity index (χ1) is 18.1. The third-order valence-electron chi connectivity index (χ3n) is 5.54. The normalized spacial score (nSPS) is 11.9. The van der Waals surface area contributed by atoms with Crippen molar-refractivity contribution in [1.82, 2.24) is 35.3 Å². The van der Waals surface area contributed by atoms with Crippen molar-refractivity contribution in [3.8, 4) is 17.4 Å². The lowest BCUT2D eigenvalue weighted by Crippen LogP contribution is -2.35. The predicted octanol–water partition coefficient (Wildman–Crippen LogP) is 2.93. The molecular weight excluding hydrogens is 510 g/mol. The average molecular weight is 538 g/mol. The van der Waals surface area contributed by atoms with Crippen LogP contribution in [-0.2, 0) is 22.7 Å². The maximum absolute atomic E-state index is 12.4. The number of carbonyl (C=O) groups is 1. The fraction of sp³-hybridized carbons (Fsp3) is 0.280. The van der Waals surface area contributed by atoms with Crippen LogP contribution in [0.15, 0.2) is 53.2 Å². The first kappa shape index (κ1) is 27.0. The summed E-state index contributed by atoms with van der Waals surface area (Å²) < 4.78 is 23.1. The van der Waals surface area contributed by atoms with Gasteiger partial charge >= 0.3 is 0 Å². The van der Waals surface area contributed by atoms with Crippen LogP contribution in [0, 0.1) is 0 Å². The van der Waals surface area contributed by atoms with E-state index in [0.717, 1.165) is 10.8 Å². The lowest BCUT2D eigenvalue weighted by atomic mass is 10.2. The maximum atomic E-state index is 12.4. The van der Waals surface area contributed by atoms with Crippen LogP contribution < -0.4 is 10.1 Å². The van der Waals surface area contributed by atoms with Gasteiger partial charge in [-0.2, -0.15) is 18.0 Å². The van der Waals surface area contributed by atoms with E-state index in [1.54, 1.807) is 36.9 Å². The first-order valence-corrected chi connectivity index (χ1v) is 11.5. The van der Waals surface area contributed by atoms with Crippen molar-refractivity contribution >= 4 is 35.8 Å². The molecule has 1 atom stereocenters. The van der Waals surface area contributed by atoms with E-state index in [0.29, 0.717) is 46.7 Å². The van der Waals surface area contributed by atoms with Gasteiger partial charge in [0.1, 0.15) is 13.2 Å². The highest BCUT2D eigenvalue weighted by molar-refractivity contribution is 7.59. The Morgan fingerprint density at radius 2 is 1.89 bits per heavy atom. The van der Waals surface area contributed by atoms with Gasteiger partial charge in [0.2, 0.25) is 11.7 Å². The number of carbonyl (C=O) groups excluding carboxylic acids is 1. The van der Waals surface area contributed by atoms with E-state index in [1.165, 1.54) is 6.20 Å². The van der Waals surface area contributed by atoms with Crippen molar-refractivity contribution < 1.29 is 23.5 Å². The molecule has 0 aliphatic heterocycles. The van der Waals surface area contributed by atoms with Crippen molar-refractivity contribution in [2.24, 2.45) is 0 Å². The summed E-state index contributed by atoms with van der Waals surface area (Å²) in [7, 11) is 3.17. The predicted molar refractivity (Wildman–Crippen MR) is 142 cm³/mol. The molecule has 198 valence electrons. The summed E-state index contributed by atoms with van der Waals surface area (Å²) in [5, 5.41) is 21.8. The Balaban J connectivity index is 0.00000336. The molecule has 1 amide bonds. The van der Waals surface area contributed by atoms with Gasteiger partial charge in [-0.1, -0.05) is 23.4 Å². The SMILES string of the molecule is COCc1cc(-c2nnc3c4ccccc4c(OCc4ccc(C(=O)N[C@@H](C)COC)cn4)nn23)no1.S. The molecule has 5 rings (SSSR count). The molecule has 0 spiro atoms. The number of aromatic nitrogens is 6. The quantitative estimate of drug-likeness (QED) is 0.283. The van der Waals surface area contributed by atoms with Crippen LogP contribution in [0.2, 0.25) is 0 Å². The number of fused-ring (bicyclic) bond motifs is 3. The standard InChI is InChI=1S/C25H25N7O5.H2S/c1-15(12-34-2)27-24(33)16-8-9-17(26-11-16)13-36-25-20-7-5-4-6-19(20)22-28-29-23(32(22)30-25)21-10-18(14-35-3)37-31-21;/h4-11,15H,12-14H2,1-3H3,(H,27,33);1H2/t15-;/m0./s1. The first-order valence-electron chi connectivity index (χ1n) is 11.5. The number of nitrogens with zero attached hydrogens (tertiary/aromatic N) is 6. The Kier molecular flexibility index (Phi) is 8.51. The molecule has 38 heavy (non-hydrogen) atoms. The molecule has 13 heteroatoms. The van der Waals surface area contributed by atoms with E-state index in [2.05, 4.69) is 30.8 Å². The smallest absolute Gasteiger partial charge is 0.253 e. The van der Waals surface area contributed by atoms with E-state index in [-0.39, 0.29) is 38.7 Å². The van der Waals surface area contributed by atoms with Crippen LogP contribution >= 0.6 is 13.5 Å².